The van der Waals surface area contributed by atoms with Crippen molar-refractivity contribution in [3.8, 4) is 22.8 Å². The van der Waals surface area contributed by atoms with E-state index >= 15 is 0 Å². The molecular weight excluding hydrogens is 370 g/mol. The van der Waals surface area contributed by atoms with Crippen molar-refractivity contribution in [3.05, 3.63) is 71.0 Å². The van der Waals surface area contributed by atoms with Crippen molar-refractivity contribution >= 4 is 11.6 Å². The van der Waals surface area contributed by atoms with Gasteiger partial charge >= 0.3 is 0 Å². The van der Waals surface area contributed by atoms with E-state index in [2.05, 4.69) is 10.4 Å². The monoisotopic (exact) mass is 393 g/mol. The number of ether oxygens (including phenoxy) is 2. The lowest BCUT2D eigenvalue weighted by atomic mass is 10.1. The van der Waals surface area contributed by atoms with Crippen molar-refractivity contribution < 1.29 is 14.3 Å². The number of carbonyl (C=O) groups is 1. The number of nitrogens with zero attached hydrogens (tertiary/aromatic N) is 2. The first-order valence-corrected chi connectivity index (χ1v) is 9.25. The normalized spacial score (nSPS) is 10.4. The largest absolute Gasteiger partial charge is 0.497 e. The fourth-order valence-electron chi connectivity index (χ4n) is 2.84. The minimum atomic E-state index is -0.199. The second-order valence-electron chi connectivity index (χ2n) is 6.39. The first-order chi connectivity index (χ1) is 14.1. The Labute approximate surface area is 168 Å². The zero-order chi connectivity index (χ0) is 20.6. The van der Waals surface area contributed by atoms with Crippen LogP contribution in [-0.2, 0) is 11.3 Å². The van der Waals surface area contributed by atoms with Crippen LogP contribution in [0.2, 0.25) is 0 Å². The van der Waals surface area contributed by atoms with E-state index < -0.39 is 0 Å². The summed E-state index contributed by atoms with van der Waals surface area (Å²) in [6.45, 7) is 0.356. The summed E-state index contributed by atoms with van der Waals surface area (Å²) >= 11 is 0. The summed E-state index contributed by atoms with van der Waals surface area (Å²) in [4.78, 5) is 24.3. The number of aromatic nitrogens is 2. The Balaban J connectivity index is 1.59. The number of anilines is 1. The highest BCUT2D eigenvalue weighted by molar-refractivity contribution is 5.90. The van der Waals surface area contributed by atoms with Gasteiger partial charge in [0.25, 0.3) is 5.56 Å². The van der Waals surface area contributed by atoms with Crippen molar-refractivity contribution in [2.24, 2.45) is 0 Å². The van der Waals surface area contributed by atoms with Gasteiger partial charge in [-0.1, -0.05) is 6.07 Å². The molecule has 0 fully saturated rings. The van der Waals surface area contributed by atoms with E-state index in [1.807, 2.05) is 36.4 Å². The Bertz CT molecular complexity index is 1030. The maximum absolute atomic E-state index is 12.2. The summed E-state index contributed by atoms with van der Waals surface area (Å²) < 4.78 is 11.7. The highest BCUT2D eigenvalue weighted by atomic mass is 16.5. The lowest BCUT2D eigenvalue weighted by Gasteiger charge is -2.09. The summed E-state index contributed by atoms with van der Waals surface area (Å²) in [7, 11) is 3.18. The molecule has 0 bridgehead atoms. The molecule has 0 atom stereocenters. The molecule has 29 heavy (non-hydrogen) atoms. The maximum Gasteiger partial charge on any atom is 0.266 e. The summed E-state index contributed by atoms with van der Waals surface area (Å²) in [6, 6.07) is 17.8. The van der Waals surface area contributed by atoms with Crippen molar-refractivity contribution in [2.75, 3.05) is 19.5 Å². The average molecular weight is 393 g/mol. The molecule has 150 valence electrons. The van der Waals surface area contributed by atoms with Gasteiger partial charge in [0.2, 0.25) is 5.91 Å². The molecule has 0 saturated carbocycles. The van der Waals surface area contributed by atoms with Crippen molar-refractivity contribution in [1.29, 1.82) is 0 Å². The first kappa shape index (κ1) is 20.1. The molecule has 0 unspecified atom stereocenters. The molecule has 1 aromatic heterocycles. The van der Waals surface area contributed by atoms with E-state index in [-0.39, 0.29) is 17.9 Å². The minimum Gasteiger partial charge on any atom is -0.497 e. The first-order valence-electron chi connectivity index (χ1n) is 9.25. The standard InChI is InChI=1S/C22H23N3O4/c1-28-18-10-8-16(9-11-18)20-12-13-22(27)25(24-20)14-4-7-21(26)23-17-5-3-6-19(15-17)29-2/h3,5-6,8-13,15H,4,7,14H2,1-2H3,(H,23,26). The highest BCUT2D eigenvalue weighted by Gasteiger charge is 2.07. The van der Waals surface area contributed by atoms with Gasteiger partial charge in [0, 0.05) is 36.3 Å². The van der Waals surface area contributed by atoms with Crippen molar-refractivity contribution in [2.45, 2.75) is 19.4 Å². The van der Waals surface area contributed by atoms with E-state index in [1.165, 1.54) is 10.7 Å². The van der Waals surface area contributed by atoms with Crippen LogP contribution in [0.3, 0.4) is 0 Å². The van der Waals surface area contributed by atoms with Gasteiger partial charge in [-0.3, -0.25) is 9.59 Å². The fraction of sp³-hybridized carbons (Fsp3) is 0.227. The predicted molar refractivity (Wildman–Crippen MR) is 111 cm³/mol. The molecule has 7 heteroatoms. The average Bonchev–Trinajstić information content (AvgIpc) is 2.75. The fourth-order valence-corrected chi connectivity index (χ4v) is 2.84. The quantitative estimate of drug-likeness (QED) is 0.635. The van der Waals surface area contributed by atoms with E-state index in [0.29, 0.717) is 30.1 Å². The Kier molecular flexibility index (Phi) is 6.63. The van der Waals surface area contributed by atoms with Crippen LogP contribution < -0.4 is 20.3 Å². The van der Waals surface area contributed by atoms with Crippen molar-refractivity contribution in [3.63, 3.8) is 0 Å². The topological polar surface area (TPSA) is 82.5 Å². The van der Waals surface area contributed by atoms with Crippen LogP contribution in [0.15, 0.2) is 65.5 Å². The van der Waals surface area contributed by atoms with E-state index in [9.17, 15) is 9.59 Å². The number of rotatable bonds is 8. The number of aryl methyl sites for hydroxylation is 1. The van der Waals surface area contributed by atoms with Gasteiger partial charge < -0.3 is 14.8 Å². The van der Waals surface area contributed by atoms with Crippen LogP contribution in [0.1, 0.15) is 12.8 Å². The molecule has 0 saturated heterocycles. The molecule has 0 spiro atoms. The molecule has 0 aliphatic rings. The molecule has 3 aromatic rings. The second kappa shape index (κ2) is 9.54. The summed E-state index contributed by atoms with van der Waals surface area (Å²) in [5.74, 6) is 1.30. The summed E-state index contributed by atoms with van der Waals surface area (Å²) in [5, 5.41) is 7.24. The molecule has 1 heterocycles. The van der Waals surface area contributed by atoms with Gasteiger partial charge in [-0.15, -0.1) is 0 Å². The van der Waals surface area contributed by atoms with Crippen LogP contribution >= 0.6 is 0 Å². The molecule has 2 aromatic carbocycles. The third-order valence-corrected chi connectivity index (χ3v) is 4.38. The number of carbonyl (C=O) groups excluding carboxylic acids is 1. The van der Waals surface area contributed by atoms with E-state index in [4.69, 9.17) is 9.47 Å². The number of benzene rings is 2. The van der Waals surface area contributed by atoms with E-state index in [0.717, 1.165) is 11.3 Å². The number of methoxy groups -OCH3 is 2. The third-order valence-electron chi connectivity index (χ3n) is 4.38. The van der Waals surface area contributed by atoms with Gasteiger partial charge in [-0.25, -0.2) is 4.68 Å². The van der Waals surface area contributed by atoms with Crippen molar-refractivity contribution in [1.82, 2.24) is 9.78 Å². The van der Waals surface area contributed by atoms with Crippen LogP contribution in [0.25, 0.3) is 11.3 Å². The Hall–Kier alpha value is -3.61. The van der Waals surface area contributed by atoms with Gasteiger partial charge in [0.15, 0.2) is 0 Å². The number of hydrogen-bond acceptors (Lipinski definition) is 5. The number of amides is 1. The van der Waals surface area contributed by atoms with Crippen LogP contribution in [0.5, 0.6) is 11.5 Å². The van der Waals surface area contributed by atoms with Gasteiger partial charge in [0.1, 0.15) is 11.5 Å². The van der Waals surface area contributed by atoms with Crippen LogP contribution in [-0.4, -0.2) is 29.9 Å². The summed E-state index contributed by atoms with van der Waals surface area (Å²) in [6.07, 6.45) is 0.771. The highest BCUT2D eigenvalue weighted by Crippen LogP contribution is 2.20. The molecule has 1 N–H and O–H groups in total. The second-order valence-corrected chi connectivity index (χ2v) is 6.39. The third kappa shape index (κ3) is 5.44. The van der Waals surface area contributed by atoms with Gasteiger partial charge in [-0.2, -0.15) is 5.10 Å². The Morgan fingerprint density at radius 2 is 1.76 bits per heavy atom. The van der Waals surface area contributed by atoms with E-state index in [1.54, 1.807) is 32.4 Å². The summed E-state index contributed by atoms with van der Waals surface area (Å²) in [5.41, 5.74) is 2.05. The molecule has 7 nitrogen and oxygen atoms in total. The predicted octanol–water partition coefficient (Wildman–Crippen LogP) is 3.35. The number of hydrogen-bond donors (Lipinski definition) is 1. The number of nitrogens with one attached hydrogen (secondary N) is 1. The Morgan fingerprint density at radius 1 is 1.00 bits per heavy atom. The molecule has 3 rings (SSSR count). The molecule has 0 aliphatic carbocycles. The Morgan fingerprint density at radius 3 is 2.48 bits per heavy atom. The minimum absolute atomic E-state index is 0.127. The molecule has 0 aliphatic heterocycles. The smallest absolute Gasteiger partial charge is 0.266 e. The molecule has 1 amide bonds. The molecule has 0 radical (unpaired) electrons. The van der Waals surface area contributed by atoms with Crippen LogP contribution in [0.4, 0.5) is 5.69 Å². The lowest BCUT2D eigenvalue weighted by molar-refractivity contribution is -0.116. The van der Waals surface area contributed by atoms with Gasteiger partial charge in [0.05, 0.1) is 19.9 Å². The lowest BCUT2D eigenvalue weighted by Crippen LogP contribution is -2.23. The zero-order valence-electron chi connectivity index (χ0n) is 16.4. The SMILES string of the molecule is COc1ccc(-c2ccc(=O)n(CCCC(=O)Nc3cccc(OC)c3)n2)cc1. The van der Waals surface area contributed by atoms with Gasteiger partial charge in [-0.05, 0) is 48.9 Å². The van der Waals surface area contributed by atoms with Crippen LogP contribution in [0, 0.1) is 0 Å². The zero-order valence-corrected chi connectivity index (χ0v) is 16.4. The maximum atomic E-state index is 12.2. The molecular formula is C22H23N3O4.